The Morgan fingerprint density at radius 3 is 2.59 bits per heavy atom. The fourth-order valence-electron chi connectivity index (χ4n) is 3.32. The number of methoxy groups -OCH3 is 2. The number of aromatic carboxylic acids is 1. The first-order chi connectivity index (χ1) is 13.1. The molecule has 0 amide bonds. The molecule has 0 saturated carbocycles. The first-order valence-corrected chi connectivity index (χ1v) is 8.89. The number of aromatic nitrogens is 1. The van der Waals surface area contributed by atoms with Crippen LogP contribution < -0.4 is 15.2 Å². The van der Waals surface area contributed by atoms with E-state index in [1.807, 2.05) is 24.3 Å². The summed E-state index contributed by atoms with van der Waals surface area (Å²) in [7, 11) is 3.24. The van der Waals surface area contributed by atoms with Crippen LogP contribution in [0.5, 0.6) is 11.5 Å². The van der Waals surface area contributed by atoms with E-state index in [0.717, 1.165) is 47.0 Å². The van der Waals surface area contributed by atoms with Gasteiger partial charge in [-0.25, -0.2) is 4.79 Å². The minimum absolute atomic E-state index is 0.273. The Kier molecular flexibility index (Phi) is 5.66. The highest BCUT2D eigenvalue weighted by Crippen LogP contribution is 2.38. The zero-order valence-corrected chi connectivity index (χ0v) is 15.5. The maximum absolute atomic E-state index is 11.4. The first-order valence-electron chi connectivity index (χ1n) is 8.89. The smallest absolute Gasteiger partial charge is 0.335 e. The first kappa shape index (κ1) is 18.8. The normalized spacial score (nSPS) is 10.9. The van der Waals surface area contributed by atoms with Gasteiger partial charge in [0.2, 0.25) is 0 Å². The van der Waals surface area contributed by atoms with Gasteiger partial charge in [-0.05, 0) is 61.7 Å². The van der Waals surface area contributed by atoms with Crippen LogP contribution in [0.1, 0.15) is 28.8 Å². The average Bonchev–Trinajstić information content (AvgIpc) is 3.05. The Balaban J connectivity index is 2.19. The molecule has 3 aromatic rings. The van der Waals surface area contributed by atoms with E-state index in [9.17, 15) is 9.90 Å². The lowest BCUT2D eigenvalue weighted by atomic mass is 9.98. The molecule has 0 unspecified atom stereocenters. The van der Waals surface area contributed by atoms with Crippen molar-refractivity contribution in [3.8, 4) is 22.8 Å². The third-order valence-corrected chi connectivity index (χ3v) is 4.71. The summed E-state index contributed by atoms with van der Waals surface area (Å²) < 4.78 is 10.9. The molecular formula is C21H24N2O4. The van der Waals surface area contributed by atoms with Gasteiger partial charge < -0.3 is 25.3 Å². The van der Waals surface area contributed by atoms with Crippen molar-refractivity contribution < 1.29 is 19.4 Å². The van der Waals surface area contributed by atoms with Crippen LogP contribution in [0.4, 0.5) is 0 Å². The van der Waals surface area contributed by atoms with Crippen molar-refractivity contribution in [2.45, 2.75) is 19.3 Å². The zero-order chi connectivity index (χ0) is 19.4. The molecule has 1 heterocycles. The van der Waals surface area contributed by atoms with E-state index in [4.69, 9.17) is 15.2 Å². The monoisotopic (exact) mass is 368 g/mol. The van der Waals surface area contributed by atoms with Gasteiger partial charge in [0.25, 0.3) is 0 Å². The molecule has 0 saturated heterocycles. The number of hydrogen-bond donors (Lipinski definition) is 3. The number of nitrogens with two attached hydrogens (primary N) is 1. The molecule has 6 nitrogen and oxygen atoms in total. The van der Waals surface area contributed by atoms with E-state index in [1.165, 1.54) is 0 Å². The van der Waals surface area contributed by atoms with E-state index < -0.39 is 5.97 Å². The molecule has 0 bridgehead atoms. The number of aryl methyl sites for hydroxylation is 1. The fourth-order valence-corrected chi connectivity index (χ4v) is 3.32. The van der Waals surface area contributed by atoms with Crippen LogP contribution >= 0.6 is 0 Å². The number of H-pyrrole nitrogens is 1. The second-order valence-corrected chi connectivity index (χ2v) is 6.36. The predicted molar refractivity (Wildman–Crippen MR) is 106 cm³/mol. The Hall–Kier alpha value is -2.99. The Morgan fingerprint density at radius 2 is 1.93 bits per heavy atom. The molecule has 6 heteroatoms. The van der Waals surface area contributed by atoms with E-state index in [2.05, 4.69) is 4.98 Å². The Morgan fingerprint density at radius 1 is 1.11 bits per heavy atom. The highest BCUT2D eigenvalue weighted by Gasteiger charge is 2.18. The molecule has 2 aromatic carbocycles. The molecule has 0 spiro atoms. The summed E-state index contributed by atoms with van der Waals surface area (Å²) >= 11 is 0. The van der Waals surface area contributed by atoms with Crippen LogP contribution in [-0.4, -0.2) is 36.8 Å². The standard InChI is InChI=1S/C21H24N2O4/c1-26-14-7-8-16(19(12-14)27-2)20-15(5-3-4-10-22)17-11-13(21(24)25)6-9-18(17)23-20/h6-9,11-12,23H,3-5,10,22H2,1-2H3,(H,24,25). The van der Waals surface area contributed by atoms with Crippen molar-refractivity contribution >= 4 is 16.9 Å². The highest BCUT2D eigenvalue weighted by atomic mass is 16.5. The minimum atomic E-state index is -0.936. The summed E-state index contributed by atoms with van der Waals surface area (Å²) in [5.41, 5.74) is 9.74. The number of carboxylic acids is 1. The van der Waals surface area contributed by atoms with Gasteiger partial charge in [-0.2, -0.15) is 0 Å². The van der Waals surface area contributed by atoms with E-state index in [1.54, 1.807) is 26.4 Å². The van der Waals surface area contributed by atoms with Gasteiger partial charge in [-0.15, -0.1) is 0 Å². The van der Waals surface area contributed by atoms with Crippen molar-refractivity contribution in [2.24, 2.45) is 5.73 Å². The molecule has 0 aliphatic rings. The average molecular weight is 368 g/mol. The molecule has 0 radical (unpaired) electrons. The lowest BCUT2D eigenvalue weighted by molar-refractivity contribution is 0.0697. The molecule has 0 aliphatic carbocycles. The van der Waals surface area contributed by atoms with Gasteiger partial charge in [0.15, 0.2) is 0 Å². The molecular weight excluding hydrogens is 344 g/mol. The quantitative estimate of drug-likeness (QED) is 0.525. The van der Waals surface area contributed by atoms with Crippen LogP contribution in [0, 0.1) is 0 Å². The lowest BCUT2D eigenvalue weighted by Gasteiger charge is -2.11. The number of unbranched alkanes of at least 4 members (excludes halogenated alkanes) is 1. The third kappa shape index (κ3) is 3.75. The second kappa shape index (κ2) is 8.14. The molecule has 27 heavy (non-hydrogen) atoms. The summed E-state index contributed by atoms with van der Waals surface area (Å²) in [5, 5.41) is 10.3. The van der Waals surface area contributed by atoms with Crippen LogP contribution in [-0.2, 0) is 6.42 Å². The van der Waals surface area contributed by atoms with E-state index >= 15 is 0 Å². The van der Waals surface area contributed by atoms with Crippen molar-refractivity contribution in [1.29, 1.82) is 0 Å². The largest absolute Gasteiger partial charge is 0.497 e. The van der Waals surface area contributed by atoms with Gasteiger partial charge in [0, 0.05) is 22.5 Å². The number of carboxylic acid groups (broad SMARTS) is 1. The molecule has 142 valence electrons. The van der Waals surface area contributed by atoms with Crippen LogP contribution in [0.3, 0.4) is 0 Å². The van der Waals surface area contributed by atoms with E-state index in [0.29, 0.717) is 18.0 Å². The molecule has 1 aromatic heterocycles. The zero-order valence-electron chi connectivity index (χ0n) is 15.5. The second-order valence-electron chi connectivity index (χ2n) is 6.36. The van der Waals surface area contributed by atoms with Crippen molar-refractivity contribution in [1.82, 2.24) is 4.98 Å². The topological polar surface area (TPSA) is 97.6 Å². The number of nitrogens with one attached hydrogen (secondary N) is 1. The SMILES string of the molecule is COc1ccc(-c2[nH]c3ccc(C(=O)O)cc3c2CCCCN)c(OC)c1. The maximum Gasteiger partial charge on any atom is 0.335 e. The number of carbonyl (C=O) groups is 1. The summed E-state index contributed by atoms with van der Waals surface area (Å²) in [6.07, 6.45) is 2.63. The third-order valence-electron chi connectivity index (χ3n) is 4.71. The number of rotatable bonds is 8. The van der Waals surface area contributed by atoms with Gasteiger partial charge in [0.05, 0.1) is 25.5 Å². The number of aromatic amines is 1. The highest BCUT2D eigenvalue weighted by molar-refractivity contribution is 5.98. The van der Waals surface area contributed by atoms with Crippen molar-refractivity contribution in [3.05, 3.63) is 47.5 Å². The molecule has 0 atom stereocenters. The number of fused-ring (bicyclic) bond motifs is 1. The fraction of sp³-hybridized carbons (Fsp3) is 0.286. The van der Waals surface area contributed by atoms with Crippen molar-refractivity contribution in [3.63, 3.8) is 0 Å². The number of hydrogen-bond acceptors (Lipinski definition) is 4. The summed E-state index contributed by atoms with van der Waals surface area (Å²) in [5.74, 6) is 0.471. The maximum atomic E-state index is 11.4. The van der Waals surface area contributed by atoms with Crippen LogP contribution in [0.25, 0.3) is 22.2 Å². The number of benzene rings is 2. The molecule has 3 rings (SSSR count). The van der Waals surface area contributed by atoms with Gasteiger partial charge in [0.1, 0.15) is 11.5 Å². The molecule has 0 aliphatic heterocycles. The van der Waals surface area contributed by atoms with E-state index in [-0.39, 0.29) is 5.56 Å². The Labute approximate surface area is 157 Å². The van der Waals surface area contributed by atoms with Gasteiger partial charge >= 0.3 is 5.97 Å². The summed E-state index contributed by atoms with van der Waals surface area (Å²) in [6, 6.07) is 10.8. The molecule has 4 N–H and O–H groups in total. The summed E-state index contributed by atoms with van der Waals surface area (Å²) in [6.45, 7) is 0.629. The molecule has 0 fully saturated rings. The van der Waals surface area contributed by atoms with Crippen LogP contribution in [0.2, 0.25) is 0 Å². The number of ether oxygens (including phenoxy) is 2. The summed E-state index contributed by atoms with van der Waals surface area (Å²) in [4.78, 5) is 14.8. The van der Waals surface area contributed by atoms with Crippen molar-refractivity contribution in [2.75, 3.05) is 20.8 Å². The minimum Gasteiger partial charge on any atom is -0.497 e. The van der Waals surface area contributed by atoms with Crippen LogP contribution in [0.15, 0.2) is 36.4 Å². The Bertz CT molecular complexity index is 962. The van der Waals surface area contributed by atoms with Gasteiger partial charge in [-0.3, -0.25) is 0 Å². The lowest BCUT2D eigenvalue weighted by Crippen LogP contribution is -2.00. The predicted octanol–water partition coefficient (Wildman–Crippen LogP) is 3.83. The van der Waals surface area contributed by atoms with Gasteiger partial charge in [-0.1, -0.05) is 0 Å².